The minimum atomic E-state index is -0.446. The first-order valence-corrected chi connectivity index (χ1v) is 6.70. The number of carbonyl (C=O) groups excluding carboxylic acids is 1. The van der Waals surface area contributed by atoms with Crippen LogP contribution in [-0.4, -0.2) is 24.4 Å². The van der Waals surface area contributed by atoms with E-state index in [2.05, 4.69) is 24.5 Å². The quantitative estimate of drug-likeness (QED) is 0.456. The number of amides is 1. The number of nitro groups is 1. The smallest absolute Gasteiger partial charge is 0.292 e. The molecule has 0 aromatic heterocycles. The Bertz CT molecular complexity index is 487. The van der Waals surface area contributed by atoms with Gasteiger partial charge in [-0.05, 0) is 30.9 Å². The number of nitrogens with zero attached hydrogens (tertiary/aromatic N) is 1. The van der Waals surface area contributed by atoms with Gasteiger partial charge < -0.3 is 10.6 Å². The Labute approximate surface area is 118 Å². The first kappa shape index (κ1) is 15.9. The van der Waals surface area contributed by atoms with E-state index in [1.807, 2.05) is 0 Å². The number of hydrogen-bond acceptors (Lipinski definition) is 4. The zero-order valence-electron chi connectivity index (χ0n) is 12.1. The lowest BCUT2D eigenvalue weighted by Crippen LogP contribution is -2.18. The first-order valence-electron chi connectivity index (χ1n) is 6.70. The summed E-state index contributed by atoms with van der Waals surface area (Å²) >= 11 is 0. The number of anilines is 1. The molecule has 6 heteroatoms. The number of benzene rings is 1. The van der Waals surface area contributed by atoms with Gasteiger partial charge in [0.15, 0.2) is 0 Å². The van der Waals surface area contributed by atoms with Crippen LogP contribution in [0.2, 0.25) is 0 Å². The van der Waals surface area contributed by atoms with Crippen molar-refractivity contribution in [3.05, 3.63) is 33.9 Å². The maximum Gasteiger partial charge on any atom is 0.292 e. The summed E-state index contributed by atoms with van der Waals surface area (Å²) in [5.41, 5.74) is 0.784. The molecule has 20 heavy (non-hydrogen) atoms. The van der Waals surface area contributed by atoms with E-state index in [0.717, 1.165) is 12.8 Å². The molecule has 1 amide bonds. The normalized spacial score (nSPS) is 10.4. The molecular weight excluding hydrogens is 258 g/mol. The molecule has 0 aliphatic heterocycles. The molecule has 1 aromatic rings. The predicted molar refractivity (Wildman–Crippen MR) is 79.0 cm³/mol. The van der Waals surface area contributed by atoms with Gasteiger partial charge in [-0.2, -0.15) is 0 Å². The average Bonchev–Trinajstić information content (AvgIpc) is 2.42. The van der Waals surface area contributed by atoms with Gasteiger partial charge >= 0.3 is 0 Å². The molecule has 0 saturated carbocycles. The fraction of sp³-hybridized carbons (Fsp3) is 0.500. The van der Waals surface area contributed by atoms with Crippen molar-refractivity contribution in [2.24, 2.45) is 5.92 Å². The minimum Gasteiger partial charge on any atom is -0.379 e. The lowest BCUT2D eigenvalue weighted by Gasteiger charge is -2.09. The van der Waals surface area contributed by atoms with E-state index in [-0.39, 0.29) is 11.6 Å². The van der Waals surface area contributed by atoms with Gasteiger partial charge in [0.25, 0.3) is 11.6 Å². The van der Waals surface area contributed by atoms with Crippen LogP contribution in [0.25, 0.3) is 0 Å². The molecule has 0 atom stereocenters. The zero-order chi connectivity index (χ0) is 15.1. The summed E-state index contributed by atoms with van der Waals surface area (Å²) in [6.45, 7) is 4.92. The second-order valence-corrected chi connectivity index (χ2v) is 5.03. The van der Waals surface area contributed by atoms with Crippen molar-refractivity contribution in [2.75, 3.05) is 18.9 Å². The maximum absolute atomic E-state index is 11.6. The van der Waals surface area contributed by atoms with Gasteiger partial charge in [0.1, 0.15) is 5.69 Å². The van der Waals surface area contributed by atoms with Crippen LogP contribution in [0.4, 0.5) is 11.4 Å². The van der Waals surface area contributed by atoms with E-state index in [0.29, 0.717) is 23.7 Å². The molecule has 0 fully saturated rings. The van der Waals surface area contributed by atoms with E-state index in [4.69, 9.17) is 0 Å². The molecule has 0 aliphatic carbocycles. The molecule has 110 valence electrons. The molecule has 6 nitrogen and oxygen atoms in total. The van der Waals surface area contributed by atoms with Crippen molar-refractivity contribution in [3.8, 4) is 0 Å². The van der Waals surface area contributed by atoms with Crippen molar-refractivity contribution in [1.29, 1.82) is 0 Å². The van der Waals surface area contributed by atoms with Crippen molar-refractivity contribution < 1.29 is 9.72 Å². The Hall–Kier alpha value is -2.11. The first-order chi connectivity index (χ1) is 9.45. The monoisotopic (exact) mass is 279 g/mol. The summed E-state index contributed by atoms with van der Waals surface area (Å²) in [7, 11) is 1.53. The largest absolute Gasteiger partial charge is 0.379 e. The van der Waals surface area contributed by atoms with Crippen molar-refractivity contribution in [3.63, 3.8) is 0 Å². The lowest BCUT2D eigenvalue weighted by atomic mass is 10.1. The van der Waals surface area contributed by atoms with E-state index in [1.54, 1.807) is 0 Å². The SMILES string of the molecule is CNC(=O)c1ccc([N+](=O)[O-])c(NCCCC(C)C)c1. The van der Waals surface area contributed by atoms with Crippen LogP contribution in [0, 0.1) is 16.0 Å². The van der Waals surface area contributed by atoms with Crippen LogP contribution in [-0.2, 0) is 0 Å². The molecule has 1 rings (SSSR count). The van der Waals surface area contributed by atoms with Crippen LogP contribution in [0.15, 0.2) is 18.2 Å². The summed E-state index contributed by atoms with van der Waals surface area (Å²) in [6.07, 6.45) is 1.98. The molecule has 1 aromatic carbocycles. The topological polar surface area (TPSA) is 84.3 Å². The van der Waals surface area contributed by atoms with Gasteiger partial charge in [0.05, 0.1) is 4.92 Å². The maximum atomic E-state index is 11.6. The van der Waals surface area contributed by atoms with E-state index in [9.17, 15) is 14.9 Å². The standard InChI is InChI=1S/C14H21N3O3/c1-10(2)5-4-8-16-12-9-11(14(18)15-3)6-7-13(12)17(19)20/h6-7,9-10,16H,4-5,8H2,1-3H3,(H,15,18). The second-order valence-electron chi connectivity index (χ2n) is 5.03. The summed E-state index contributed by atoms with van der Waals surface area (Å²) in [6, 6.07) is 4.33. The third-order valence-electron chi connectivity index (χ3n) is 2.96. The molecule has 0 aliphatic rings. The van der Waals surface area contributed by atoms with E-state index >= 15 is 0 Å². The van der Waals surface area contributed by atoms with Crippen molar-refractivity contribution >= 4 is 17.3 Å². The number of nitrogens with one attached hydrogen (secondary N) is 2. The summed E-state index contributed by atoms with van der Waals surface area (Å²) in [5.74, 6) is 0.342. The molecule has 0 unspecified atom stereocenters. The lowest BCUT2D eigenvalue weighted by molar-refractivity contribution is -0.384. The van der Waals surface area contributed by atoms with E-state index in [1.165, 1.54) is 25.2 Å². The third-order valence-corrected chi connectivity index (χ3v) is 2.96. The number of carbonyl (C=O) groups is 1. The van der Waals surface area contributed by atoms with Crippen molar-refractivity contribution in [1.82, 2.24) is 5.32 Å². The Morgan fingerprint density at radius 2 is 2.10 bits per heavy atom. The average molecular weight is 279 g/mol. The Kier molecular flexibility index (Phi) is 5.96. The van der Waals surface area contributed by atoms with Crippen molar-refractivity contribution in [2.45, 2.75) is 26.7 Å². The highest BCUT2D eigenvalue weighted by Gasteiger charge is 2.16. The number of rotatable bonds is 7. The minimum absolute atomic E-state index is 0.0119. The van der Waals surface area contributed by atoms with Gasteiger partial charge in [0.2, 0.25) is 0 Å². The summed E-state index contributed by atoms with van der Waals surface area (Å²) in [4.78, 5) is 22.1. The molecule has 0 spiro atoms. The second kappa shape index (κ2) is 7.47. The molecule has 2 N–H and O–H groups in total. The molecule has 0 radical (unpaired) electrons. The highest BCUT2D eigenvalue weighted by atomic mass is 16.6. The van der Waals surface area contributed by atoms with Gasteiger partial charge in [0, 0.05) is 25.2 Å². The number of nitro benzene ring substituents is 1. The van der Waals surface area contributed by atoms with Crippen LogP contribution >= 0.6 is 0 Å². The molecule has 0 bridgehead atoms. The van der Waals surface area contributed by atoms with Crippen LogP contribution < -0.4 is 10.6 Å². The van der Waals surface area contributed by atoms with Crippen LogP contribution in [0.1, 0.15) is 37.0 Å². The van der Waals surface area contributed by atoms with Crippen LogP contribution in [0.5, 0.6) is 0 Å². The van der Waals surface area contributed by atoms with Gasteiger partial charge in [-0.3, -0.25) is 14.9 Å². The van der Waals surface area contributed by atoms with Gasteiger partial charge in [-0.25, -0.2) is 0 Å². The summed E-state index contributed by atoms with van der Waals surface area (Å²) in [5, 5.41) is 16.5. The molecule has 0 saturated heterocycles. The zero-order valence-corrected chi connectivity index (χ0v) is 12.1. The fourth-order valence-electron chi connectivity index (χ4n) is 1.86. The van der Waals surface area contributed by atoms with Gasteiger partial charge in [-0.15, -0.1) is 0 Å². The predicted octanol–water partition coefficient (Wildman–Crippen LogP) is 2.80. The molecular formula is C14H21N3O3. The Morgan fingerprint density at radius 1 is 1.40 bits per heavy atom. The Balaban J connectivity index is 2.83. The highest BCUT2D eigenvalue weighted by molar-refractivity contribution is 5.95. The fourth-order valence-corrected chi connectivity index (χ4v) is 1.86. The summed E-state index contributed by atoms with van der Waals surface area (Å²) < 4.78 is 0. The van der Waals surface area contributed by atoms with Gasteiger partial charge in [-0.1, -0.05) is 13.8 Å². The number of hydrogen-bond donors (Lipinski definition) is 2. The highest BCUT2D eigenvalue weighted by Crippen LogP contribution is 2.25. The van der Waals surface area contributed by atoms with Crippen LogP contribution in [0.3, 0.4) is 0 Å². The Morgan fingerprint density at radius 3 is 2.65 bits per heavy atom. The third kappa shape index (κ3) is 4.53. The van der Waals surface area contributed by atoms with E-state index < -0.39 is 4.92 Å². The molecule has 0 heterocycles.